The molecule has 14 amide bonds. The predicted octanol–water partition coefficient (Wildman–Crippen LogP) is 0.346. The molecule has 0 radical (unpaired) electrons. The summed E-state index contributed by atoms with van der Waals surface area (Å²) >= 11 is 0. The smallest absolute Gasteiger partial charge is 0.331 e. The number of aliphatic carboxylic acids is 1. The number of amides is 14. The zero-order chi connectivity index (χ0) is 84.3. The number of ether oxygens (including phenoxy) is 2. The van der Waals surface area contributed by atoms with Gasteiger partial charge in [0.25, 0.3) is 0 Å². The molecule has 0 saturated carbocycles. The van der Waals surface area contributed by atoms with Gasteiger partial charge in [0.05, 0.1) is 25.7 Å². The van der Waals surface area contributed by atoms with Gasteiger partial charge in [0.1, 0.15) is 78.6 Å². The fourth-order valence-electron chi connectivity index (χ4n) is 12.3. The van der Waals surface area contributed by atoms with Crippen LogP contribution in [0.3, 0.4) is 0 Å². The zero-order valence-corrected chi connectivity index (χ0v) is 68.8. The van der Waals surface area contributed by atoms with Gasteiger partial charge in [-0.2, -0.15) is 0 Å². The molecule has 2 aromatic carbocycles. The van der Waals surface area contributed by atoms with E-state index in [4.69, 9.17) is 9.47 Å². The van der Waals surface area contributed by atoms with Crippen LogP contribution in [-0.4, -0.2) is 251 Å². The van der Waals surface area contributed by atoms with E-state index < -0.39 is 211 Å². The highest BCUT2D eigenvalue weighted by Gasteiger charge is 2.43. The van der Waals surface area contributed by atoms with Crippen LogP contribution in [0.25, 0.3) is 0 Å². The number of rotatable bonds is 24. The highest BCUT2D eigenvalue weighted by Crippen LogP contribution is 2.26. The van der Waals surface area contributed by atoms with Gasteiger partial charge < -0.3 is 93.3 Å². The van der Waals surface area contributed by atoms with Crippen LogP contribution >= 0.6 is 21.6 Å². The van der Waals surface area contributed by atoms with Crippen molar-refractivity contribution in [3.63, 3.8) is 0 Å². The van der Waals surface area contributed by atoms with Gasteiger partial charge >= 0.3 is 11.9 Å². The molecule has 0 bridgehead atoms. The molecule has 113 heavy (non-hydrogen) atoms. The number of benzene rings is 2. The zero-order valence-electron chi connectivity index (χ0n) is 67.1. The van der Waals surface area contributed by atoms with Crippen molar-refractivity contribution in [1.82, 2.24) is 73.6 Å². The van der Waals surface area contributed by atoms with E-state index >= 15 is 4.79 Å². The Morgan fingerprint density at radius 3 is 1.65 bits per heavy atom. The van der Waals surface area contributed by atoms with E-state index in [1.165, 1.54) is 53.7 Å². The van der Waals surface area contributed by atoms with Crippen molar-refractivity contribution in [2.45, 2.75) is 251 Å². The summed E-state index contributed by atoms with van der Waals surface area (Å²) in [5.41, 5.74) is 1.25. The molecule has 2 aliphatic heterocycles. The van der Waals surface area contributed by atoms with Crippen molar-refractivity contribution in [3.8, 4) is 0 Å². The second-order valence-electron chi connectivity index (χ2n) is 29.0. The average Bonchev–Trinajstić information content (AvgIpc) is 1.81. The maximum absolute atomic E-state index is 15.1. The standard InChI is InChI=1S/C77H118N14O20S2/c1-15-42(5)34-53-67(99)78-38-45(8)111-77(109)57(39-92)87-74(106)64(48(11)110-14)90(13)75(107)52(18-4)83-69(101)54(35-43(6)16-2)85-66(98)47(10)80-73(105)63(44(7)17-3)89-71(103)59(88-72(104)60-30-25-33-91(60)76(108)56(81-49(12)93)37-51-28-23-20-24-29-51)41-113-112-40-58(82-61(94)31-32-62(95)96)70(102)86-55(36-50-26-21-19-22-27-50)68(100)79-46(9)65(97)84-53/h19-24,26-29,42-48,52-60,63-64,92H,15-18,25,30-41H2,1-14H3,(H,78,99)(H,79,100)(H,80,105)(H,81,93)(H,82,94)(H,83,101)(H,84,97)(H,85,98)(H,86,102)(H,87,106)(H,88,104)(H,89,103)(H,95,96)/t42-,43+,44+,45+,46+,47?,48+,52+,53?,54-,55+,56+,57-,58-,59?,60-,63?,64-/m0/s1. The number of aliphatic hydroxyl groups excluding tert-OH is 1. The van der Waals surface area contributed by atoms with Crippen LogP contribution in [0.1, 0.15) is 158 Å². The Hall–Kier alpha value is -9.42. The molecule has 4 unspecified atom stereocenters. The largest absolute Gasteiger partial charge is 0.481 e. The lowest BCUT2D eigenvalue weighted by atomic mass is 9.97. The molecule has 0 aliphatic carbocycles. The van der Waals surface area contributed by atoms with Crippen molar-refractivity contribution in [2.24, 2.45) is 17.8 Å². The van der Waals surface area contributed by atoms with Gasteiger partial charge in [-0.25, -0.2) is 4.79 Å². The molecule has 2 aliphatic rings. The van der Waals surface area contributed by atoms with Crippen LogP contribution in [-0.2, 0) is 99.0 Å². The Balaban J connectivity index is 1.86. The van der Waals surface area contributed by atoms with E-state index in [2.05, 4.69) is 63.8 Å². The van der Waals surface area contributed by atoms with E-state index in [1.54, 1.807) is 81.4 Å². The van der Waals surface area contributed by atoms with Crippen molar-refractivity contribution in [1.29, 1.82) is 0 Å². The summed E-state index contributed by atoms with van der Waals surface area (Å²) in [7, 11) is 4.35. The Labute approximate surface area is 668 Å². The topological polar surface area (TPSA) is 483 Å². The molecule has 2 fully saturated rings. The molecule has 2 heterocycles. The number of hydrogen-bond donors (Lipinski definition) is 14. The number of likely N-dealkylation sites (tertiary alicyclic amines) is 1. The average molecular weight is 1620 g/mol. The lowest BCUT2D eigenvalue weighted by molar-refractivity contribution is -0.155. The van der Waals surface area contributed by atoms with E-state index in [-0.39, 0.29) is 81.4 Å². The van der Waals surface area contributed by atoms with Crippen LogP contribution in [0.5, 0.6) is 0 Å². The third-order valence-electron chi connectivity index (χ3n) is 19.9. The molecule has 18 atom stereocenters. The van der Waals surface area contributed by atoms with Crippen molar-refractivity contribution in [3.05, 3.63) is 71.8 Å². The molecule has 2 saturated heterocycles. The van der Waals surface area contributed by atoms with Gasteiger partial charge in [-0.05, 0) is 88.7 Å². The van der Waals surface area contributed by atoms with Gasteiger partial charge in [0.2, 0.25) is 82.7 Å². The van der Waals surface area contributed by atoms with Gasteiger partial charge in [-0.1, -0.05) is 150 Å². The van der Waals surface area contributed by atoms with Crippen molar-refractivity contribution >= 4 is 116 Å². The first-order valence-corrected chi connectivity index (χ1v) is 41.0. The first-order valence-electron chi connectivity index (χ1n) is 38.5. The predicted molar refractivity (Wildman–Crippen MR) is 422 cm³/mol. The number of carbonyl (C=O) groups excluding carboxylic acids is 15. The lowest BCUT2D eigenvalue weighted by Crippen LogP contribution is -2.62. The van der Waals surface area contributed by atoms with Crippen molar-refractivity contribution in [2.75, 3.05) is 45.4 Å². The second kappa shape index (κ2) is 48.6. The van der Waals surface area contributed by atoms with E-state index in [9.17, 15) is 82.1 Å². The number of nitrogens with one attached hydrogen (secondary N) is 12. The number of carboxylic acids is 1. The van der Waals surface area contributed by atoms with E-state index in [0.717, 1.165) is 26.5 Å². The fraction of sp³-hybridized carbons (Fsp3) is 0.636. The van der Waals surface area contributed by atoms with Crippen LogP contribution in [0.2, 0.25) is 0 Å². The molecule has 628 valence electrons. The number of likely N-dealkylation sites (N-methyl/N-ethyl adjacent to an activating group) is 1. The minimum atomic E-state index is -1.74. The van der Waals surface area contributed by atoms with E-state index in [1.807, 2.05) is 27.7 Å². The van der Waals surface area contributed by atoms with Crippen LogP contribution < -0.4 is 63.8 Å². The number of carboxylic acid groups (broad SMARTS) is 1. The number of aliphatic hydroxyl groups is 1. The molecular formula is C77H118N14O20S2. The Morgan fingerprint density at radius 2 is 1.12 bits per heavy atom. The highest BCUT2D eigenvalue weighted by atomic mass is 33.1. The molecule has 14 N–H and O–H groups in total. The number of hydrogen-bond acceptors (Lipinski definition) is 21. The number of nitrogens with zero attached hydrogens (tertiary/aromatic N) is 2. The first-order chi connectivity index (χ1) is 53.5. The third-order valence-corrected chi connectivity index (χ3v) is 22.3. The number of esters is 1. The third kappa shape index (κ3) is 31.5. The summed E-state index contributed by atoms with van der Waals surface area (Å²) in [5.74, 6) is -15.6. The van der Waals surface area contributed by atoms with E-state index in [0.29, 0.717) is 30.4 Å². The van der Waals surface area contributed by atoms with Crippen LogP contribution in [0, 0.1) is 17.8 Å². The minimum absolute atomic E-state index is 0.0371. The Morgan fingerprint density at radius 1 is 0.611 bits per heavy atom. The maximum atomic E-state index is 15.1. The monoisotopic (exact) mass is 1620 g/mol. The summed E-state index contributed by atoms with van der Waals surface area (Å²) in [5, 5.41) is 51.8. The Bertz CT molecular complexity index is 3570. The molecule has 36 heteroatoms. The summed E-state index contributed by atoms with van der Waals surface area (Å²) in [6, 6.07) is -0.985. The normalized spacial score (nSPS) is 26.1. The maximum Gasteiger partial charge on any atom is 0.331 e. The van der Waals surface area contributed by atoms with Gasteiger partial charge in [0, 0.05) is 58.4 Å². The van der Waals surface area contributed by atoms with Gasteiger partial charge in [-0.15, -0.1) is 0 Å². The molecular weight excluding hydrogens is 1510 g/mol. The number of cyclic esters (lactones) is 1. The Kier molecular flexibility index (Phi) is 41.3. The SMILES string of the molecule is CC[C@@H](C)C[C@@H]1NC(=O)C(C)NC(=O)C([C@H](C)CC)NC(=O)C(NC(=O)[C@@H]2CCCN2C(=O)[C@@H](Cc2ccccc2)NC(C)=O)CSSC[C@H](NC(=O)CCC(=O)O)C(=O)N[C@H](Cc2ccccc2)C(=O)N[C@H](C)C(=O)NC(C[C@@H](C)CC)C(=O)NC[C@@H](C)OC(=O)[C@H](CO)NC(=O)[C@H]([C@@H](C)OC)N(C)C(=O)[C@@H](CC)NC1=O. The summed E-state index contributed by atoms with van der Waals surface area (Å²) in [6.45, 7) is 17.9. The van der Waals surface area contributed by atoms with Crippen LogP contribution in [0.4, 0.5) is 0 Å². The molecule has 0 spiro atoms. The molecule has 34 nitrogen and oxygen atoms in total. The fourth-order valence-corrected chi connectivity index (χ4v) is 14.7. The second-order valence-corrected chi connectivity index (χ2v) is 31.6. The van der Waals surface area contributed by atoms with Gasteiger partial charge in [0.15, 0.2) is 6.04 Å². The molecule has 0 aromatic heterocycles. The summed E-state index contributed by atoms with van der Waals surface area (Å²) < 4.78 is 11.1. The lowest BCUT2D eigenvalue weighted by Gasteiger charge is -2.34. The molecule has 2 aromatic rings. The number of methoxy groups -OCH3 is 1. The summed E-state index contributed by atoms with van der Waals surface area (Å²) in [4.78, 5) is 228. The quantitative estimate of drug-likeness (QED) is 0.0498. The highest BCUT2D eigenvalue weighted by molar-refractivity contribution is 8.76. The summed E-state index contributed by atoms with van der Waals surface area (Å²) in [6.07, 6.45) is -1.62. The van der Waals surface area contributed by atoms with Crippen molar-refractivity contribution < 1.29 is 96.4 Å². The minimum Gasteiger partial charge on any atom is -0.481 e. The molecule has 4 rings (SSSR count). The van der Waals surface area contributed by atoms with Crippen LogP contribution in [0.15, 0.2) is 60.7 Å². The number of carbonyl (C=O) groups is 16. The van der Waals surface area contributed by atoms with Gasteiger partial charge in [-0.3, -0.25) is 71.9 Å². The first kappa shape index (κ1) is 96.0.